The van der Waals surface area contributed by atoms with Gasteiger partial charge in [-0.2, -0.15) is 31.6 Å². The van der Waals surface area contributed by atoms with E-state index in [2.05, 4.69) is 25.3 Å². The third kappa shape index (κ3) is 5.56. The number of nitrogens with zero attached hydrogens (tertiary/aromatic N) is 10. The van der Waals surface area contributed by atoms with E-state index in [4.69, 9.17) is 11.0 Å². The molecule has 12 nitrogen and oxygen atoms in total. The smallest absolute Gasteiger partial charge is 0.167 e. The summed E-state index contributed by atoms with van der Waals surface area (Å²) in [5.74, 6) is -0.786. The summed E-state index contributed by atoms with van der Waals surface area (Å²) in [6.45, 7) is 2.92. The Morgan fingerprint density at radius 3 is 2.38 bits per heavy atom. The normalized spacial score (nSPS) is 23.6. The van der Waals surface area contributed by atoms with Gasteiger partial charge in [0.2, 0.25) is 0 Å². The maximum Gasteiger partial charge on any atom is 0.167 e. The summed E-state index contributed by atoms with van der Waals surface area (Å²) < 4.78 is 0. The van der Waals surface area contributed by atoms with Gasteiger partial charge in [0.05, 0.1) is 48.0 Å². The second-order valence-electron chi connectivity index (χ2n) is 7.18. The molecule has 0 aromatic carbocycles. The van der Waals surface area contributed by atoms with Crippen LogP contribution in [0.2, 0.25) is 0 Å². The van der Waals surface area contributed by atoms with Gasteiger partial charge < -0.3 is 11.1 Å². The molecule has 0 amide bonds. The Labute approximate surface area is 196 Å². The van der Waals surface area contributed by atoms with Crippen LogP contribution in [-0.2, 0) is 0 Å². The number of nitrogens with one attached hydrogen (secondary N) is 1. The Hall–Kier alpha value is -5.14. The molecule has 0 aromatic heterocycles. The Balaban J connectivity index is 2.89. The van der Waals surface area contributed by atoms with E-state index in [1.165, 1.54) is 20.1 Å². The van der Waals surface area contributed by atoms with Gasteiger partial charge in [0.1, 0.15) is 41.0 Å². The molecule has 166 valence electrons. The average Bonchev–Trinajstić information content (AvgIpc) is 2.95. The van der Waals surface area contributed by atoms with E-state index in [-0.39, 0.29) is 47.1 Å². The number of nitriles is 6. The fraction of sp³-hybridized carbons (Fsp3) is 0.364. The summed E-state index contributed by atoms with van der Waals surface area (Å²) in [4.78, 5) is 17.4. The van der Waals surface area contributed by atoms with Crippen molar-refractivity contribution >= 4 is 23.3 Å². The molecule has 4 unspecified atom stereocenters. The second-order valence-corrected chi connectivity index (χ2v) is 7.18. The molecule has 0 bridgehead atoms. The van der Waals surface area contributed by atoms with Crippen LogP contribution in [0.3, 0.4) is 0 Å². The molecule has 2 rings (SSSR count). The van der Waals surface area contributed by atoms with Gasteiger partial charge >= 0.3 is 0 Å². The van der Waals surface area contributed by atoms with E-state index in [9.17, 15) is 26.3 Å². The van der Waals surface area contributed by atoms with Gasteiger partial charge in [-0.25, -0.2) is 15.0 Å². The first-order chi connectivity index (χ1) is 16.3. The maximum absolute atomic E-state index is 9.48. The van der Waals surface area contributed by atoms with E-state index < -0.39 is 24.0 Å². The molecule has 12 heteroatoms. The third-order valence-corrected chi connectivity index (χ3v) is 4.75. The molecule has 0 aromatic rings. The molecule has 0 saturated heterocycles. The maximum atomic E-state index is 9.48. The predicted octanol–water partition coefficient (Wildman–Crippen LogP) is 1.06. The van der Waals surface area contributed by atoms with Crippen LogP contribution in [0.4, 0.5) is 0 Å². The minimum Gasteiger partial charge on any atom is -0.365 e. The SMILES string of the molecule is CC(C#N)=NC1=C(N=C(C)C#N)C(N=CC(C#N)CC#N)CC(N)C2=C1N=C(C#N)C(C#N)N2. The summed E-state index contributed by atoms with van der Waals surface area (Å²) in [5, 5.41) is 58.7. The molecule has 0 spiro atoms. The van der Waals surface area contributed by atoms with Crippen molar-refractivity contribution in [1.29, 1.82) is 31.6 Å². The van der Waals surface area contributed by atoms with Crippen LogP contribution >= 0.6 is 0 Å². The summed E-state index contributed by atoms with van der Waals surface area (Å²) in [6, 6.07) is 8.89. The first-order valence-corrected chi connectivity index (χ1v) is 9.93. The van der Waals surface area contributed by atoms with Crippen molar-refractivity contribution in [3.63, 3.8) is 0 Å². The number of hydrogen-bond acceptors (Lipinski definition) is 12. The van der Waals surface area contributed by atoms with Crippen molar-refractivity contribution < 1.29 is 0 Å². The van der Waals surface area contributed by atoms with Crippen molar-refractivity contribution in [2.24, 2.45) is 31.6 Å². The standard InChI is InChI=1S/C22H18N12/c1-12(6-24)31-20-16(30-11-14(8-26)3-4-23)5-15(29)19-21(22(20)32-13(2)7-25)34-18(10-28)17(9-27)33-19/h11,14-17,33H,3,5,29H2,1-2H3. The number of nitrogens with two attached hydrogens (primary N) is 1. The van der Waals surface area contributed by atoms with Crippen molar-refractivity contribution in [2.45, 2.75) is 44.8 Å². The summed E-state index contributed by atoms with van der Waals surface area (Å²) in [7, 11) is 0. The van der Waals surface area contributed by atoms with Crippen LogP contribution in [0.5, 0.6) is 0 Å². The first kappa shape index (κ1) is 25.1. The fourth-order valence-corrected chi connectivity index (χ4v) is 3.14. The van der Waals surface area contributed by atoms with Crippen LogP contribution in [-0.4, -0.2) is 41.5 Å². The predicted molar refractivity (Wildman–Crippen MR) is 121 cm³/mol. The lowest BCUT2D eigenvalue weighted by Gasteiger charge is -2.25. The lowest BCUT2D eigenvalue weighted by Crippen LogP contribution is -2.44. The van der Waals surface area contributed by atoms with Crippen molar-refractivity contribution in [3.8, 4) is 36.4 Å². The molecule has 1 aliphatic carbocycles. The van der Waals surface area contributed by atoms with Crippen LogP contribution in [0.1, 0.15) is 26.7 Å². The Kier molecular flexibility index (Phi) is 8.48. The molecule has 4 atom stereocenters. The minimum absolute atomic E-state index is 0.0397. The van der Waals surface area contributed by atoms with Gasteiger partial charge in [0.15, 0.2) is 11.8 Å². The summed E-state index contributed by atoms with van der Waals surface area (Å²) >= 11 is 0. The molecular formula is C22H18N12. The zero-order chi connectivity index (χ0) is 25.3. The van der Waals surface area contributed by atoms with E-state index in [0.717, 1.165) is 0 Å². The third-order valence-electron chi connectivity index (χ3n) is 4.75. The quantitative estimate of drug-likeness (QED) is 0.573. The summed E-state index contributed by atoms with van der Waals surface area (Å²) in [5.41, 5.74) is 7.01. The van der Waals surface area contributed by atoms with Crippen LogP contribution in [0, 0.1) is 73.9 Å². The van der Waals surface area contributed by atoms with E-state index in [1.54, 1.807) is 0 Å². The highest BCUT2D eigenvalue weighted by Gasteiger charge is 2.36. The molecular weight excluding hydrogens is 432 g/mol. The van der Waals surface area contributed by atoms with Gasteiger partial charge in [-0.1, -0.05) is 0 Å². The largest absolute Gasteiger partial charge is 0.365 e. The molecule has 34 heavy (non-hydrogen) atoms. The highest BCUT2D eigenvalue weighted by molar-refractivity contribution is 6.06. The van der Waals surface area contributed by atoms with E-state index >= 15 is 0 Å². The molecule has 1 aliphatic heterocycles. The Morgan fingerprint density at radius 1 is 1.15 bits per heavy atom. The average molecular weight is 450 g/mol. The highest BCUT2D eigenvalue weighted by atomic mass is 15.1. The lowest BCUT2D eigenvalue weighted by atomic mass is 10.0. The fourth-order valence-electron chi connectivity index (χ4n) is 3.14. The van der Waals surface area contributed by atoms with Crippen LogP contribution < -0.4 is 11.1 Å². The Bertz CT molecular complexity index is 1300. The van der Waals surface area contributed by atoms with Gasteiger partial charge in [0, 0.05) is 12.3 Å². The Morgan fingerprint density at radius 2 is 1.82 bits per heavy atom. The van der Waals surface area contributed by atoms with Crippen molar-refractivity contribution in [2.75, 3.05) is 0 Å². The molecule has 1 heterocycles. The van der Waals surface area contributed by atoms with Gasteiger partial charge in [0.25, 0.3) is 0 Å². The topological polar surface area (TPSA) is 230 Å². The second kappa shape index (κ2) is 11.5. The van der Waals surface area contributed by atoms with Gasteiger partial charge in [-0.15, -0.1) is 0 Å². The summed E-state index contributed by atoms with van der Waals surface area (Å²) in [6.07, 6.45) is 1.35. The monoisotopic (exact) mass is 450 g/mol. The van der Waals surface area contributed by atoms with Gasteiger partial charge in [-0.05, 0) is 20.3 Å². The molecule has 2 aliphatic rings. The van der Waals surface area contributed by atoms with Crippen molar-refractivity contribution in [3.05, 3.63) is 22.8 Å². The lowest BCUT2D eigenvalue weighted by molar-refractivity contribution is 0.577. The minimum atomic E-state index is -1.04. The van der Waals surface area contributed by atoms with Crippen LogP contribution in [0.15, 0.2) is 42.8 Å². The number of rotatable bonds is 5. The van der Waals surface area contributed by atoms with E-state index in [0.29, 0.717) is 5.70 Å². The number of hydrogen-bond donors (Lipinski definition) is 2. The molecule has 3 N–H and O–H groups in total. The van der Waals surface area contributed by atoms with Crippen LogP contribution in [0.25, 0.3) is 0 Å². The van der Waals surface area contributed by atoms with Crippen molar-refractivity contribution in [1.82, 2.24) is 5.32 Å². The number of aliphatic imine (C=N–C) groups is 4. The zero-order valence-corrected chi connectivity index (χ0v) is 18.4. The van der Waals surface area contributed by atoms with Gasteiger partial charge in [-0.3, -0.25) is 4.99 Å². The first-order valence-electron chi connectivity index (χ1n) is 9.93. The molecule has 0 radical (unpaired) electrons. The zero-order valence-electron chi connectivity index (χ0n) is 18.4. The molecule has 0 saturated carbocycles. The highest BCUT2D eigenvalue weighted by Crippen LogP contribution is 2.34. The van der Waals surface area contributed by atoms with E-state index in [1.807, 2.05) is 36.4 Å². The molecule has 0 fully saturated rings.